The number of carbonyl (C=O) groups is 2. The number of alkyl halides is 3. The highest BCUT2D eigenvalue weighted by Gasteiger charge is 2.34. The summed E-state index contributed by atoms with van der Waals surface area (Å²) >= 11 is 23.0. The topological polar surface area (TPSA) is 58.6 Å². The van der Waals surface area contributed by atoms with Gasteiger partial charge in [0, 0.05) is 10.7 Å². The zero-order valence-electron chi connectivity index (χ0n) is 14.0. The van der Waals surface area contributed by atoms with Crippen LogP contribution in [0.5, 0.6) is 5.75 Å². The van der Waals surface area contributed by atoms with Crippen LogP contribution in [0.25, 0.3) is 0 Å². The number of fused-ring (bicyclic) bond motifs is 1. The summed E-state index contributed by atoms with van der Waals surface area (Å²) in [6, 6.07) is 12.1. The SMILES string of the molecule is CC1Oc2ccc(NC(=O)C(Cl)(Cl)Cl)cc2N(Cc2ccccc2Cl)C1=O. The fraction of sp³-hybridized carbons (Fsp3) is 0.222. The molecule has 5 nitrogen and oxygen atoms in total. The average Bonchev–Trinajstić information content (AvgIpc) is 2.60. The van der Waals surface area contributed by atoms with E-state index in [-0.39, 0.29) is 12.5 Å². The lowest BCUT2D eigenvalue weighted by Crippen LogP contribution is -2.44. The van der Waals surface area contributed by atoms with Crippen LogP contribution in [0.3, 0.4) is 0 Å². The van der Waals surface area contributed by atoms with Crippen molar-refractivity contribution in [2.45, 2.75) is 23.4 Å². The third-order valence-corrected chi connectivity index (χ3v) is 4.85. The Kier molecular flexibility index (Phi) is 5.77. The molecule has 0 aliphatic carbocycles. The van der Waals surface area contributed by atoms with E-state index in [0.717, 1.165) is 5.56 Å². The fourth-order valence-electron chi connectivity index (χ4n) is 2.65. The van der Waals surface area contributed by atoms with E-state index in [1.165, 1.54) is 0 Å². The first-order valence-corrected chi connectivity index (χ1v) is 9.41. The Labute approximate surface area is 176 Å². The summed E-state index contributed by atoms with van der Waals surface area (Å²) < 4.78 is 3.55. The van der Waals surface area contributed by atoms with Crippen molar-refractivity contribution in [1.82, 2.24) is 0 Å². The summed E-state index contributed by atoms with van der Waals surface area (Å²) in [5.41, 5.74) is 1.63. The van der Waals surface area contributed by atoms with Gasteiger partial charge >= 0.3 is 0 Å². The quantitative estimate of drug-likeness (QED) is 0.676. The van der Waals surface area contributed by atoms with Gasteiger partial charge in [-0.05, 0) is 36.8 Å². The van der Waals surface area contributed by atoms with E-state index in [0.29, 0.717) is 22.1 Å². The number of benzene rings is 2. The number of anilines is 2. The van der Waals surface area contributed by atoms with Gasteiger partial charge in [-0.1, -0.05) is 64.6 Å². The molecule has 1 atom stereocenters. The standard InChI is InChI=1S/C18H14Cl4N2O3/c1-10-16(25)24(9-11-4-2-3-5-13(11)19)14-8-12(6-7-15(14)27-10)23-17(26)18(20,21)22/h2-8,10H,9H2,1H3,(H,23,26). The summed E-state index contributed by atoms with van der Waals surface area (Å²) in [6.45, 7) is 1.92. The van der Waals surface area contributed by atoms with E-state index in [9.17, 15) is 9.59 Å². The molecule has 142 valence electrons. The number of halogens is 4. The molecule has 9 heteroatoms. The zero-order valence-corrected chi connectivity index (χ0v) is 17.0. The fourth-order valence-corrected chi connectivity index (χ4v) is 2.98. The maximum Gasteiger partial charge on any atom is 0.276 e. The first kappa shape index (κ1) is 20.1. The predicted molar refractivity (Wildman–Crippen MR) is 108 cm³/mol. The predicted octanol–water partition coefficient (Wildman–Crippen LogP) is 4.96. The van der Waals surface area contributed by atoms with Crippen LogP contribution < -0.4 is 15.0 Å². The maximum absolute atomic E-state index is 12.7. The Bertz CT molecular complexity index is 898. The van der Waals surface area contributed by atoms with Gasteiger partial charge in [-0.3, -0.25) is 9.59 Å². The van der Waals surface area contributed by atoms with Gasteiger partial charge in [-0.25, -0.2) is 0 Å². The molecule has 2 aromatic carbocycles. The molecule has 1 N–H and O–H groups in total. The largest absolute Gasteiger partial charge is 0.479 e. The highest BCUT2D eigenvalue weighted by Crippen LogP contribution is 2.38. The number of hydrogen-bond donors (Lipinski definition) is 1. The van der Waals surface area contributed by atoms with Crippen LogP contribution in [0.4, 0.5) is 11.4 Å². The van der Waals surface area contributed by atoms with E-state index in [1.54, 1.807) is 36.1 Å². The van der Waals surface area contributed by atoms with Crippen molar-refractivity contribution in [3.8, 4) is 5.75 Å². The molecule has 2 amide bonds. The molecule has 0 fully saturated rings. The second kappa shape index (κ2) is 7.76. The van der Waals surface area contributed by atoms with Crippen LogP contribution in [0.1, 0.15) is 12.5 Å². The minimum absolute atomic E-state index is 0.229. The van der Waals surface area contributed by atoms with Gasteiger partial charge in [-0.15, -0.1) is 0 Å². The number of amides is 2. The van der Waals surface area contributed by atoms with E-state index < -0.39 is 15.8 Å². The van der Waals surface area contributed by atoms with E-state index >= 15 is 0 Å². The molecule has 0 saturated heterocycles. The molecule has 0 bridgehead atoms. The Hall–Kier alpha value is -1.66. The number of rotatable bonds is 3. The minimum Gasteiger partial charge on any atom is -0.479 e. The van der Waals surface area contributed by atoms with Crippen molar-refractivity contribution in [2.24, 2.45) is 0 Å². The highest BCUT2D eigenvalue weighted by molar-refractivity contribution is 6.76. The maximum atomic E-state index is 12.7. The van der Waals surface area contributed by atoms with Crippen molar-refractivity contribution in [3.05, 3.63) is 53.1 Å². The molecule has 1 aliphatic heterocycles. The number of ether oxygens (including phenoxy) is 1. The Morgan fingerprint density at radius 2 is 1.93 bits per heavy atom. The highest BCUT2D eigenvalue weighted by atomic mass is 35.6. The molecule has 0 aromatic heterocycles. The first-order chi connectivity index (χ1) is 12.7. The van der Waals surface area contributed by atoms with Crippen molar-refractivity contribution < 1.29 is 14.3 Å². The Balaban J connectivity index is 1.96. The lowest BCUT2D eigenvalue weighted by atomic mass is 10.1. The second-order valence-corrected chi connectivity index (χ2v) is 8.60. The molecule has 2 aromatic rings. The lowest BCUT2D eigenvalue weighted by molar-refractivity contribution is -0.125. The van der Waals surface area contributed by atoms with Crippen molar-refractivity contribution in [3.63, 3.8) is 0 Å². The van der Waals surface area contributed by atoms with Gasteiger partial charge in [0.25, 0.3) is 15.6 Å². The van der Waals surface area contributed by atoms with Crippen LogP contribution in [0.15, 0.2) is 42.5 Å². The van der Waals surface area contributed by atoms with Crippen molar-refractivity contribution in [1.29, 1.82) is 0 Å². The molecule has 0 spiro atoms. The van der Waals surface area contributed by atoms with Gasteiger partial charge in [0.15, 0.2) is 6.10 Å². The van der Waals surface area contributed by atoms with Crippen molar-refractivity contribution in [2.75, 3.05) is 10.2 Å². The molecule has 1 heterocycles. The normalized spacial score (nSPS) is 16.6. The Morgan fingerprint density at radius 3 is 2.59 bits per heavy atom. The Morgan fingerprint density at radius 1 is 1.22 bits per heavy atom. The molecular weight excluding hydrogens is 434 g/mol. The molecule has 0 saturated carbocycles. The zero-order chi connectivity index (χ0) is 19.8. The summed E-state index contributed by atoms with van der Waals surface area (Å²) in [7, 11) is 0. The third kappa shape index (κ3) is 4.43. The van der Waals surface area contributed by atoms with Crippen LogP contribution in [0.2, 0.25) is 5.02 Å². The van der Waals surface area contributed by atoms with Crippen LogP contribution >= 0.6 is 46.4 Å². The molecule has 3 rings (SSSR count). The number of hydrogen-bond acceptors (Lipinski definition) is 3. The summed E-state index contributed by atoms with van der Waals surface area (Å²) in [6.07, 6.45) is -0.651. The molecular formula is C18H14Cl4N2O3. The van der Waals surface area contributed by atoms with Gasteiger partial charge in [0.2, 0.25) is 0 Å². The summed E-state index contributed by atoms with van der Waals surface area (Å²) in [4.78, 5) is 26.2. The van der Waals surface area contributed by atoms with Crippen molar-refractivity contribution >= 4 is 69.6 Å². The molecule has 0 radical (unpaired) electrons. The van der Waals surface area contributed by atoms with Gasteiger partial charge in [0.1, 0.15) is 5.75 Å². The molecule has 1 unspecified atom stereocenters. The number of nitrogens with one attached hydrogen (secondary N) is 1. The average molecular weight is 448 g/mol. The molecule has 1 aliphatic rings. The molecule has 27 heavy (non-hydrogen) atoms. The van der Waals surface area contributed by atoms with Gasteiger partial charge < -0.3 is 15.0 Å². The van der Waals surface area contributed by atoms with Crippen LogP contribution in [0, 0.1) is 0 Å². The summed E-state index contributed by atoms with van der Waals surface area (Å²) in [5.74, 6) is -0.533. The van der Waals surface area contributed by atoms with E-state index in [2.05, 4.69) is 5.32 Å². The van der Waals surface area contributed by atoms with Crippen LogP contribution in [-0.2, 0) is 16.1 Å². The van der Waals surface area contributed by atoms with Gasteiger partial charge in [0.05, 0.1) is 12.2 Å². The van der Waals surface area contributed by atoms with E-state index in [1.807, 2.05) is 18.2 Å². The first-order valence-electron chi connectivity index (χ1n) is 7.90. The second-order valence-electron chi connectivity index (χ2n) is 5.91. The number of carbonyl (C=O) groups excluding carboxylic acids is 2. The van der Waals surface area contributed by atoms with Crippen LogP contribution in [-0.4, -0.2) is 21.7 Å². The number of nitrogens with zero attached hydrogens (tertiary/aromatic N) is 1. The van der Waals surface area contributed by atoms with Gasteiger partial charge in [-0.2, -0.15) is 0 Å². The lowest BCUT2D eigenvalue weighted by Gasteiger charge is -2.33. The monoisotopic (exact) mass is 446 g/mol. The van der Waals surface area contributed by atoms with E-state index in [4.69, 9.17) is 51.1 Å². The smallest absolute Gasteiger partial charge is 0.276 e. The summed E-state index contributed by atoms with van der Waals surface area (Å²) in [5, 5.41) is 3.05. The minimum atomic E-state index is -2.10. The third-order valence-electron chi connectivity index (χ3n) is 3.97.